The Bertz CT molecular complexity index is 433. The Balaban J connectivity index is 0.00000180. The highest BCUT2D eigenvalue weighted by molar-refractivity contribution is 5.86. The number of amides is 1. The van der Waals surface area contributed by atoms with Crippen LogP contribution in [0.5, 0.6) is 0 Å². The average Bonchev–Trinajstić information content (AvgIpc) is 2.38. The number of carbonyl (C=O) groups is 1. The number of hydrogen-bond donors (Lipinski definition) is 2. The SMILES string of the molecule is CC1(C(=O)NCc2ccccc2F)CCCCN1.Cl. The van der Waals surface area contributed by atoms with Gasteiger partial charge in [-0.15, -0.1) is 12.4 Å². The summed E-state index contributed by atoms with van der Waals surface area (Å²) in [5, 5.41) is 6.05. The van der Waals surface area contributed by atoms with Gasteiger partial charge in [0.15, 0.2) is 0 Å². The first-order valence-electron chi connectivity index (χ1n) is 6.38. The van der Waals surface area contributed by atoms with Gasteiger partial charge < -0.3 is 10.6 Å². The van der Waals surface area contributed by atoms with E-state index < -0.39 is 5.54 Å². The van der Waals surface area contributed by atoms with Crippen LogP contribution >= 0.6 is 12.4 Å². The second-order valence-corrected chi connectivity index (χ2v) is 4.99. The van der Waals surface area contributed by atoms with Gasteiger partial charge in [0, 0.05) is 12.1 Å². The molecule has 1 fully saturated rings. The zero-order valence-electron chi connectivity index (χ0n) is 11.0. The lowest BCUT2D eigenvalue weighted by Gasteiger charge is -2.33. The number of rotatable bonds is 3. The van der Waals surface area contributed by atoms with E-state index in [0.717, 1.165) is 25.8 Å². The molecular weight excluding hydrogens is 267 g/mol. The van der Waals surface area contributed by atoms with E-state index in [0.29, 0.717) is 5.56 Å². The Morgan fingerprint density at radius 1 is 1.42 bits per heavy atom. The van der Waals surface area contributed by atoms with Crippen LogP contribution in [0.1, 0.15) is 31.7 Å². The van der Waals surface area contributed by atoms with Crippen LogP contribution in [0, 0.1) is 5.82 Å². The molecule has 1 amide bonds. The maximum absolute atomic E-state index is 13.4. The largest absolute Gasteiger partial charge is 0.350 e. The third kappa shape index (κ3) is 3.91. The molecule has 1 aromatic rings. The summed E-state index contributed by atoms with van der Waals surface area (Å²) in [7, 11) is 0. The predicted molar refractivity (Wildman–Crippen MR) is 75.8 cm³/mol. The van der Waals surface area contributed by atoms with Gasteiger partial charge in [0.1, 0.15) is 5.82 Å². The second-order valence-electron chi connectivity index (χ2n) is 4.99. The first-order chi connectivity index (χ1) is 8.62. The van der Waals surface area contributed by atoms with E-state index in [4.69, 9.17) is 0 Å². The van der Waals surface area contributed by atoms with Crippen molar-refractivity contribution >= 4 is 18.3 Å². The minimum atomic E-state index is -0.510. The fourth-order valence-corrected chi connectivity index (χ4v) is 2.26. The van der Waals surface area contributed by atoms with E-state index in [2.05, 4.69) is 10.6 Å². The van der Waals surface area contributed by atoms with Crippen molar-refractivity contribution in [1.29, 1.82) is 0 Å². The van der Waals surface area contributed by atoms with Gasteiger partial charge in [0.05, 0.1) is 5.54 Å². The molecule has 106 valence electrons. The third-order valence-electron chi connectivity index (χ3n) is 3.52. The Morgan fingerprint density at radius 2 is 2.16 bits per heavy atom. The molecule has 3 nitrogen and oxygen atoms in total. The number of benzene rings is 1. The molecule has 0 bridgehead atoms. The minimum absolute atomic E-state index is 0. The molecule has 2 N–H and O–H groups in total. The summed E-state index contributed by atoms with van der Waals surface area (Å²) in [5.74, 6) is -0.329. The van der Waals surface area contributed by atoms with Gasteiger partial charge >= 0.3 is 0 Å². The molecule has 0 saturated carbocycles. The standard InChI is InChI=1S/C14H19FN2O.ClH/c1-14(8-4-5-9-17-14)13(18)16-10-11-6-2-3-7-12(11)15;/h2-3,6-7,17H,4-5,8-10H2,1H3,(H,16,18);1H. The normalized spacial score (nSPS) is 22.4. The average molecular weight is 287 g/mol. The van der Waals surface area contributed by atoms with Crippen molar-refractivity contribution in [1.82, 2.24) is 10.6 Å². The summed E-state index contributed by atoms with van der Waals surface area (Å²) in [6.07, 6.45) is 2.99. The van der Waals surface area contributed by atoms with Crippen LogP contribution in [-0.4, -0.2) is 18.0 Å². The molecule has 1 unspecified atom stereocenters. The van der Waals surface area contributed by atoms with Crippen molar-refractivity contribution in [2.45, 2.75) is 38.3 Å². The Hall–Kier alpha value is -1.13. The maximum Gasteiger partial charge on any atom is 0.240 e. The predicted octanol–water partition coefficient (Wildman–Crippen LogP) is 2.40. The first-order valence-corrected chi connectivity index (χ1v) is 6.38. The van der Waals surface area contributed by atoms with Gasteiger partial charge in [-0.1, -0.05) is 18.2 Å². The lowest BCUT2D eigenvalue weighted by Crippen LogP contribution is -2.56. The quantitative estimate of drug-likeness (QED) is 0.896. The monoisotopic (exact) mass is 286 g/mol. The van der Waals surface area contributed by atoms with Crippen molar-refractivity contribution in [2.75, 3.05) is 6.54 Å². The highest BCUT2D eigenvalue weighted by Gasteiger charge is 2.33. The number of carbonyl (C=O) groups excluding carboxylic acids is 1. The van der Waals surface area contributed by atoms with Crippen molar-refractivity contribution in [3.8, 4) is 0 Å². The topological polar surface area (TPSA) is 41.1 Å². The van der Waals surface area contributed by atoms with Gasteiger partial charge in [0.25, 0.3) is 0 Å². The van der Waals surface area contributed by atoms with Gasteiger partial charge in [-0.2, -0.15) is 0 Å². The molecule has 0 aliphatic carbocycles. The van der Waals surface area contributed by atoms with E-state index in [9.17, 15) is 9.18 Å². The van der Waals surface area contributed by atoms with E-state index in [-0.39, 0.29) is 30.7 Å². The zero-order chi connectivity index (χ0) is 13.0. The van der Waals surface area contributed by atoms with E-state index in [1.807, 2.05) is 6.92 Å². The summed E-state index contributed by atoms with van der Waals surface area (Å²) in [6.45, 7) is 3.01. The van der Waals surface area contributed by atoms with Crippen molar-refractivity contribution in [3.63, 3.8) is 0 Å². The molecule has 1 heterocycles. The highest BCUT2D eigenvalue weighted by Crippen LogP contribution is 2.19. The number of hydrogen-bond acceptors (Lipinski definition) is 2. The van der Waals surface area contributed by atoms with E-state index in [1.165, 1.54) is 6.07 Å². The fourth-order valence-electron chi connectivity index (χ4n) is 2.26. The smallest absolute Gasteiger partial charge is 0.240 e. The van der Waals surface area contributed by atoms with Crippen LogP contribution in [0.15, 0.2) is 24.3 Å². The summed E-state index contributed by atoms with van der Waals surface area (Å²) in [4.78, 5) is 12.1. The van der Waals surface area contributed by atoms with E-state index >= 15 is 0 Å². The molecule has 2 rings (SSSR count). The van der Waals surface area contributed by atoms with Gasteiger partial charge in [-0.3, -0.25) is 4.79 Å². The minimum Gasteiger partial charge on any atom is -0.350 e. The summed E-state index contributed by atoms with van der Waals surface area (Å²) >= 11 is 0. The van der Waals surface area contributed by atoms with E-state index in [1.54, 1.807) is 18.2 Å². The fraction of sp³-hybridized carbons (Fsp3) is 0.500. The summed E-state index contributed by atoms with van der Waals surface area (Å²) in [6, 6.07) is 6.50. The number of nitrogens with one attached hydrogen (secondary N) is 2. The van der Waals surface area contributed by atoms with Gasteiger partial charge in [-0.25, -0.2) is 4.39 Å². The lowest BCUT2D eigenvalue weighted by atomic mass is 9.90. The van der Waals surface area contributed by atoms with Gasteiger partial charge in [0.2, 0.25) is 5.91 Å². The van der Waals surface area contributed by atoms with Crippen LogP contribution in [0.3, 0.4) is 0 Å². The number of piperidine rings is 1. The summed E-state index contributed by atoms with van der Waals surface area (Å²) in [5.41, 5.74) is 0.00835. The van der Waals surface area contributed by atoms with Gasteiger partial charge in [-0.05, 0) is 38.8 Å². The Morgan fingerprint density at radius 3 is 2.79 bits per heavy atom. The Labute approximate surface area is 119 Å². The number of halogens is 2. The Kier molecular flexibility index (Phi) is 5.76. The van der Waals surface area contributed by atoms with Crippen LogP contribution < -0.4 is 10.6 Å². The second kappa shape index (κ2) is 6.87. The molecule has 1 aliphatic rings. The third-order valence-corrected chi connectivity index (χ3v) is 3.52. The molecule has 1 aromatic carbocycles. The maximum atomic E-state index is 13.4. The highest BCUT2D eigenvalue weighted by atomic mass is 35.5. The molecule has 1 saturated heterocycles. The van der Waals surface area contributed by atoms with Crippen LogP contribution in [0.25, 0.3) is 0 Å². The molecular formula is C14H20ClFN2O. The molecule has 1 aliphatic heterocycles. The molecule has 0 spiro atoms. The van der Waals surface area contributed by atoms with Crippen LogP contribution in [-0.2, 0) is 11.3 Å². The first kappa shape index (κ1) is 15.9. The molecule has 0 radical (unpaired) electrons. The summed E-state index contributed by atoms with van der Waals surface area (Å²) < 4.78 is 13.4. The van der Waals surface area contributed by atoms with Crippen molar-refractivity contribution in [3.05, 3.63) is 35.6 Å². The van der Waals surface area contributed by atoms with Crippen molar-refractivity contribution in [2.24, 2.45) is 0 Å². The molecule has 1 atom stereocenters. The lowest BCUT2D eigenvalue weighted by molar-refractivity contribution is -0.128. The molecule has 5 heteroatoms. The van der Waals surface area contributed by atoms with Crippen molar-refractivity contribution < 1.29 is 9.18 Å². The van der Waals surface area contributed by atoms with Crippen LogP contribution in [0.2, 0.25) is 0 Å². The molecule has 19 heavy (non-hydrogen) atoms. The zero-order valence-corrected chi connectivity index (χ0v) is 11.9. The van der Waals surface area contributed by atoms with Crippen LogP contribution in [0.4, 0.5) is 4.39 Å². The molecule has 0 aromatic heterocycles.